The molecule has 1 aromatic rings. The molecular formula is C13H18N2O3S. The monoisotopic (exact) mass is 282 g/mol. The number of amides is 1. The Morgan fingerprint density at radius 3 is 2.32 bits per heavy atom. The fourth-order valence-corrected chi connectivity index (χ4v) is 3.86. The van der Waals surface area contributed by atoms with Crippen LogP contribution in [0.15, 0.2) is 30.3 Å². The standard InChI is InChI=1S/C13H18N2O3S/c14-13(16)12-6-8-15(9-7-12)19(17,18)10-11-4-2-1-3-5-11/h1-5,12H,6-10H2,(H2,14,16). The van der Waals surface area contributed by atoms with Gasteiger partial charge in [-0.3, -0.25) is 4.79 Å². The van der Waals surface area contributed by atoms with Gasteiger partial charge < -0.3 is 5.73 Å². The van der Waals surface area contributed by atoms with Crippen molar-refractivity contribution >= 4 is 15.9 Å². The first-order chi connectivity index (χ1) is 8.99. The fourth-order valence-electron chi connectivity index (χ4n) is 2.29. The van der Waals surface area contributed by atoms with Crippen molar-refractivity contribution in [2.45, 2.75) is 18.6 Å². The van der Waals surface area contributed by atoms with Crippen LogP contribution in [0.2, 0.25) is 0 Å². The van der Waals surface area contributed by atoms with E-state index in [0.29, 0.717) is 25.9 Å². The van der Waals surface area contributed by atoms with E-state index in [1.54, 1.807) is 12.1 Å². The third kappa shape index (κ3) is 3.54. The number of piperidine rings is 1. The van der Waals surface area contributed by atoms with Crippen LogP contribution in [-0.4, -0.2) is 31.7 Å². The van der Waals surface area contributed by atoms with Crippen molar-refractivity contribution in [2.24, 2.45) is 11.7 Å². The van der Waals surface area contributed by atoms with Crippen LogP contribution >= 0.6 is 0 Å². The van der Waals surface area contributed by atoms with Gasteiger partial charge in [0.05, 0.1) is 5.75 Å². The number of primary amides is 1. The van der Waals surface area contributed by atoms with Crippen LogP contribution in [-0.2, 0) is 20.6 Å². The number of carbonyl (C=O) groups excluding carboxylic acids is 1. The lowest BCUT2D eigenvalue weighted by Gasteiger charge is -2.29. The Balaban J connectivity index is 2.00. The summed E-state index contributed by atoms with van der Waals surface area (Å²) in [5, 5.41) is 0. The van der Waals surface area contributed by atoms with Gasteiger partial charge in [0.1, 0.15) is 0 Å². The van der Waals surface area contributed by atoms with Crippen LogP contribution < -0.4 is 5.73 Å². The van der Waals surface area contributed by atoms with Crippen LogP contribution in [0.3, 0.4) is 0 Å². The van der Waals surface area contributed by atoms with Gasteiger partial charge in [-0.25, -0.2) is 12.7 Å². The van der Waals surface area contributed by atoms with Crippen molar-refractivity contribution in [3.63, 3.8) is 0 Å². The predicted molar refractivity (Wildman–Crippen MR) is 72.6 cm³/mol. The molecule has 104 valence electrons. The molecule has 1 aliphatic heterocycles. The van der Waals surface area contributed by atoms with Crippen LogP contribution in [0.1, 0.15) is 18.4 Å². The summed E-state index contributed by atoms with van der Waals surface area (Å²) in [5.41, 5.74) is 6.02. The molecule has 19 heavy (non-hydrogen) atoms. The molecule has 0 spiro atoms. The molecule has 6 heteroatoms. The topological polar surface area (TPSA) is 80.5 Å². The summed E-state index contributed by atoms with van der Waals surface area (Å²) in [6.45, 7) is 0.756. The Bertz CT molecular complexity index is 534. The number of nitrogens with zero attached hydrogens (tertiary/aromatic N) is 1. The van der Waals surface area contributed by atoms with E-state index in [9.17, 15) is 13.2 Å². The van der Waals surface area contributed by atoms with Gasteiger partial charge in [0.2, 0.25) is 15.9 Å². The lowest BCUT2D eigenvalue weighted by atomic mass is 9.98. The fraction of sp³-hybridized carbons (Fsp3) is 0.462. The summed E-state index contributed by atoms with van der Waals surface area (Å²) in [5.74, 6) is -0.516. The van der Waals surface area contributed by atoms with E-state index < -0.39 is 10.0 Å². The van der Waals surface area contributed by atoms with E-state index in [1.165, 1.54) is 4.31 Å². The minimum absolute atomic E-state index is 0.00901. The van der Waals surface area contributed by atoms with Crippen molar-refractivity contribution in [2.75, 3.05) is 13.1 Å². The normalized spacial score (nSPS) is 18.3. The molecule has 0 unspecified atom stereocenters. The van der Waals surface area contributed by atoms with E-state index in [4.69, 9.17) is 5.73 Å². The maximum atomic E-state index is 12.2. The third-order valence-electron chi connectivity index (χ3n) is 3.44. The van der Waals surface area contributed by atoms with E-state index in [1.807, 2.05) is 18.2 Å². The van der Waals surface area contributed by atoms with Gasteiger partial charge in [-0.2, -0.15) is 0 Å². The van der Waals surface area contributed by atoms with Crippen molar-refractivity contribution in [3.8, 4) is 0 Å². The van der Waals surface area contributed by atoms with Crippen LogP contribution in [0.5, 0.6) is 0 Å². The highest BCUT2D eigenvalue weighted by molar-refractivity contribution is 7.88. The van der Waals surface area contributed by atoms with Gasteiger partial charge in [0, 0.05) is 19.0 Å². The van der Waals surface area contributed by atoms with E-state index >= 15 is 0 Å². The molecule has 0 bridgehead atoms. The molecule has 1 amide bonds. The van der Waals surface area contributed by atoms with E-state index in [0.717, 1.165) is 5.56 Å². The zero-order valence-electron chi connectivity index (χ0n) is 10.7. The molecule has 1 saturated heterocycles. The van der Waals surface area contributed by atoms with Crippen molar-refractivity contribution in [3.05, 3.63) is 35.9 Å². The maximum Gasteiger partial charge on any atom is 0.220 e. The summed E-state index contributed by atoms with van der Waals surface area (Å²) in [6.07, 6.45) is 1.03. The number of hydrogen-bond donors (Lipinski definition) is 1. The first-order valence-electron chi connectivity index (χ1n) is 6.30. The Kier molecular flexibility index (Phi) is 4.21. The molecule has 2 N–H and O–H groups in total. The Hall–Kier alpha value is -1.40. The molecule has 0 aromatic heterocycles. The molecule has 1 heterocycles. The Morgan fingerprint density at radius 1 is 1.21 bits per heavy atom. The lowest BCUT2D eigenvalue weighted by molar-refractivity contribution is -0.122. The molecule has 1 aliphatic rings. The van der Waals surface area contributed by atoms with Crippen molar-refractivity contribution < 1.29 is 13.2 Å². The average Bonchev–Trinajstić information content (AvgIpc) is 2.39. The van der Waals surface area contributed by atoms with E-state index in [2.05, 4.69) is 0 Å². The highest BCUT2D eigenvalue weighted by Crippen LogP contribution is 2.21. The summed E-state index contributed by atoms with van der Waals surface area (Å²) in [7, 11) is -3.30. The predicted octanol–water partition coefficient (Wildman–Crippen LogP) is 0.714. The second-order valence-corrected chi connectivity index (χ2v) is 6.79. The van der Waals surface area contributed by atoms with Gasteiger partial charge in [0.15, 0.2) is 0 Å². The third-order valence-corrected chi connectivity index (χ3v) is 5.29. The summed E-state index contributed by atoms with van der Waals surface area (Å²) in [4.78, 5) is 11.1. The average molecular weight is 282 g/mol. The zero-order chi connectivity index (χ0) is 13.9. The summed E-state index contributed by atoms with van der Waals surface area (Å²) < 4.78 is 25.9. The van der Waals surface area contributed by atoms with Crippen LogP contribution in [0, 0.1) is 5.92 Å². The summed E-state index contributed by atoms with van der Waals surface area (Å²) in [6, 6.07) is 9.10. The SMILES string of the molecule is NC(=O)C1CCN(S(=O)(=O)Cc2ccccc2)CC1. The highest BCUT2D eigenvalue weighted by Gasteiger charge is 2.30. The summed E-state index contributed by atoms with van der Waals surface area (Å²) >= 11 is 0. The molecule has 0 aliphatic carbocycles. The molecule has 5 nitrogen and oxygen atoms in total. The van der Waals surface area contributed by atoms with Gasteiger partial charge in [-0.05, 0) is 18.4 Å². The van der Waals surface area contributed by atoms with Gasteiger partial charge >= 0.3 is 0 Å². The maximum absolute atomic E-state index is 12.2. The zero-order valence-corrected chi connectivity index (χ0v) is 11.5. The first kappa shape index (κ1) is 14.0. The van der Waals surface area contributed by atoms with Gasteiger partial charge in [0.25, 0.3) is 0 Å². The minimum Gasteiger partial charge on any atom is -0.369 e. The number of benzene rings is 1. The molecule has 1 fully saturated rings. The Labute approximate surface area is 113 Å². The molecular weight excluding hydrogens is 264 g/mol. The molecule has 1 aromatic carbocycles. The Morgan fingerprint density at radius 2 is 1.79 bits per heavy atom. The quantitative estimate of drug-likeness (QED) is 0.883. The minimum atomic E-state index is -3.30. The number of rotatable bonds is 4. The number of hydrogen-bond acceptors (Lipinski definition) is 3. The van der Waals surface area contributed by atoms with Crippen LogP contribution in [0.4, 0.5) is 0 Å². The lowest BCUT2D eigenvalue weighted by Crippen LogP contribution is -2.42. The molecule has 2 rings (SSSR count). The molecule has 0 saturated carbocycles. The number of carbonyl (C=O) groups is 1. The van der Waals surface area contributed by atoms with E-state index in [-0.39, 0.29) is 17.6 Å². The smallest absolute Gasteiger partial charge is 0.220 e. The van der Waals surface area contributed by atoms with Crippen molar-refractivity contribution in [1.29, 1.82) is 0 Å². The molecule has 0 atom stereocenters. The highest BCUT2D eigenvalue weighted by atomic mass is 32.2. The second kappa shape index (κ2) is 5.71. The van der Waals surface area contributed by atoms with Crippen LogP contribution in [0.25, 0.3) is 0 Å². The number of nitrogens with two attached hydrogens (primary N) is 1. The van der Waals surface area contributed by atoms with Gasteiger partial charge in [-0.1, -0.05) is 30.3 Å². The first-order valence-corrected chi connectivity index (χ1v) is 7.91. The second-order valence-electron chi connectivity index (χ2n) is 4.82. The molecule has 0 radical (unpaired) electrons. The largest absolute Gasteiger partial charge is 0.369 e. The van der Waals surface area contributed by atoms with Gasteiger partial charge in [-0.15, -0.1) is 0 Å². The van der Waals surface area contributed by atoms with Crippen molar-refractivity contribution in [1.82, 2.24) is 4.31 Å². The number of sulfonamides is 1.